The number of benzene rings is 3. The zero-order valence-electron chi connectivity index (χ0n) is 14.4. The number of halogens is 1. The maximum atomic E-state index is 12.9. The second-order valence-electron chi connectivity index (χ2n) is 6.02. The summed E-state index contributed by atoms with van der Waals surface area (Å²) >= 11 is 3.36. The van der Waals surface area contributed by atoms with Crippen LogP contribution in [0.1, 0.15) is 5.56 Å². The van der Waals surface area contributed by atoms with Gasteiger partial charge >= 0.3 is 0 Å². The van der Waals surface area contributed by atoms with Gasteiger partial charge in [-0.15, -0.1) is 0 Å². The van der Waals surface area contributed by atoms with Crippen LogP contribution in [-0.4, -0.2) is 18.9 Å². The first kappa shape index (κ1) is 17.3. The largest absolute Gasteiger partial charge is 0.496 e. The standard InChI is InChI=1S/C21H15BrN2O3/c1-27-19-11-6-13-4-2-3-5-16(13)17(19)12-18-20(25)23-24(21(18)26)15-9-7-14(22)8-10-15/h2-12H,1H3,(H,23,25). The van der Waals surface area contributed by atoms with Crippen LogP contribution >= 0.6 is 15.9 Å². The Balaban J connectivity index is 1.80. The fourth-order valence-electron chi connectivity index (χ4n) is 3.08. The molecule has 0 radical (unpaired) electrons. The molecule has 0 bridgehead atoms. The normalized spacial score (nSPS) is 15.5. The van der Waals surface area contributed by atoms with E-state index in [2.05, 4.69) is 21.4 Å². The third-order valence-electron chi connectivity index (χ3n) is 4.42. The number of methoxy groups -OCH3 is 1. The van der Waals surface area contributed by atoms with Gasteiger partial charge in [-0.05, 0) is 47.2 Å². The second-order valence-corrected chi connectivity index (χ2v) is 6.93. The summed E-state index contributed by atoms with van der Waals surface area (Å²) in [5, 5.41) is 3.16. The van der Waals surface area contributed by atoms with Crippen molar-refractivity contribution in [2.75, 3.05) is 12.1 Å². The fraction of sp³-hybridized carbons (Fsp3) is 0.0476. The number of amides is 2. The molecule has 6 heteroatoms. The molecule has 0 unspecified atom stereocenters. The zero-order valence-corrected chi connectivity index (χ0v) is 16.0. The number of hydrogen-bond acceptors (Lipinski definition) is 3. The van der Waals surface area contributed by atoms with Gasteiger partial charge in [0, 0.05) is 10.0 Å². The molecule has 3 aromatic carbocycles. The number of carbonyl (C=O) groups excluding carboxylic acids is 2. The summed E-state index contributed by atoms with van der Waals surface area (Å²) in [6.07, 6.45) is 1.59. The van der Waals surface area contributed by atoms with Crippen molar-refractivity contribution in [2.24, 2.45) is 0 Å². The van der Waals surface area contributed by atoms with Crippen LogP contribution < -0.4 is 15.2 Å². The Hall–Kier alpha value is -3.12. The number of carbonyl (C=O) groups is 2. The van der Waals surface area contributed by atoms with Crippen molar-refractivity contribution in [2.45, 2.75) is 0 Å². The number of hydrogen-bond donors (Lipinski definition) is 1. The van der Waals surface area contributed by atoms with Crippen molar-refractivity contribution < 1.29 is 14.3 Å². The van der Waals surface area contributed by atoms with Gasteiger partial charge in [-0.2, -0.15) is 0 Å². The number of ether oxygens (including phenoxy) is 1. The van der Waals surface area contributed by atoms with Crippen LogP contribution in [0.2, 0.25) is 0 Å². The first-order valence-corrected chi connectivity index (χ1v) is 9.06. The molecular formula is C21H15BrN2O3. The lowest BCUT2D eigenvalue weighted by molar-refractivity contribution is -0.117. The highest BCUT2D eigenvalue weighted by Gasteiger charge is 2.34. The van der Waals surface area contributed by atoms with E-state index < -0.39 is 11.8 Å². The molecule has 0 spiro atoms. The molecule has 5 nitrogen and oxygen atoms in total. The van der Waals surface area contributed by atoms with Crippen LogP contribution in [0.5, 0.6) is 5.75 Å². The lowest BCUT2D eigenvalue weighted by atomic mass is 10.0. The minimum Gasteiger partial charge on any atom is -0.496 e. The SMILES string of the molecule is COc1ccc2ccccc2c1C=C1C(=O)NN(c2ccc(Br)cc2)C1=O. The topological polar surface area (TPSA) is 58.6 Å². The van der Waals surface area contributed by atoms with E-state index in [0.29, 0.717) is 17.0 Å². The Kier molecular flexibility index (Phi) is 4.41. The van der Waals surface area contributed by atoms with Gasteiger partial charge in [0.1, 0.15) is 11.3 Å². The minimum absolute atomic E-state index is 0.0626. The third kappa shape index (κ3) is 3.08. The van der Waals surface area contributed by atoms with Gasteiger partial charge in [0.25, 0.3) is 11.8 Å². The maximum Gasteiger partial charge on any atom is 0.282 e. The maximum absolute atomic E-state index is 12.9. The predicted octanol–water partition coefficient (Wildman–Crippen LogP) is 4.07. The summed E-state index contributed by atoms with van der Waals surface area (Å²) in [6.45, 7) is 0. The molecule has 1 fully saturated rings. The lowest BCUT2D eigenvalue weighted by Gasteiger charge is -2.14. The number of nitrogens with zero attached hydrogens (tertiary/aromatic N) is 1. The van der Waals surface area contributed by atoms with Crippen LogP contribution in [0.15, 0.2) is 70.7 Å². The zero-order chi connectivity index (χ0) is 19.0. The van der Waals surface area contributed by atoms with E-state index in [1.165, 1.54) is 5.01 Å². The first-order chi connectivity index (χ1) is 13.1. The summed E-state index contributed by atoms with van der Waals surface area (Å²) in [7, 11) is 1.57. The summed E-state index contributed by atoms with van der Waals surface area (Å²) in [5.74, 6) is -0.251. The van der Waals surface area contributed by atoms with Crippen LogP contribution in [0.3, 0.4) is 0 Å². The molecule has 0 saturated carbocycles. The van der Waals surface area contributed by atoms with E-state index in [1.807, 2.05) is 48.5 Å². The van der Waals surface area contributed by atoms with Gasteiger partial charge in [-0.25, -0.2) is 5.01 Å². The molecule has 134 valence electrons. The Bertz CT molecular complexity index is 1090. The van der Waals surface area contributed by atoms with Gasteiger partial charge in [0.2, 0.25) is 0 Å². The Labute approximate surface area is 164 Å². The van der Waals surface area contributed by atoms with E-state index in [1.54, 1.807) is 25.3 Å². The van der Waals surface area contributed by atoms with Gasteiger partial charge < -0.3 is 4.74 Å². The number of nitrogens with one attached hydrogen (secondary N) is 1. The van der Waals surface area contributed by atoms with Crippen molar-refractivity contribution in [3.63, 3.8) is 0 Å². The molecule has 1 saturated heterocycles. The van der Waals surface area contributed by atoms with E-state index in [9.17, 15) is 9.59 Å². The van der Waals surface area contributed by atoms with E-state index in [-0.39, 0.29) is 5.57 Å². The van der Waals surface area contributed by atoms with E-state index >= 15 is 0 Å². The highest BCUT2D eigenvalue weighted by Crippen LogP contribution is 2.31. The average molecular weight is 423 g/mol. The highest BCUT2D eigenvalue weighted by atomic mass is 79.9. The highest BCUT2D eigenvalue weighted by molar-refractivity contribution is 9.10. The Morgan fingerprint density at radius 1 is 1.00 bits per heavy atom. The van der Waals surface area contributed by atoms with Crippen molar-refractivity contribution in [1.82, 2.24) is 5.43 Å². The molecule has 1 aliphatic rings. The number of hydrazine groups is 1. The van der Waals surface area contributed by atoms with Gasteiger partial charge in [-0.1, -0.05) is 46.3 Å². The van der Waals surface area contributed by atoms with Gasteiger partial charge in [-0.3, -0.25) is 15.0 Å². The van der Waals surface area contributed by atoms with Crippen molar-refractivity contribution in [1.29, 1.82) is 0 Å². The van der Waals surface area contributed by atoms with Crippen LogP contribution in [-0.2, 0) is 9.59 Å². The van der Waals surface area contributed by atoms with Gasteiger partial charge in [0.05, 0.1) is 12.8 Å². The molecule has 0 atom stereocenters. The smallest absolute Gasteiger partial charge is 0.282 e. The molecule has 3 aromatic rings. The third-order valence-corrected chi connectivity index (χ3v) is 4.94. The Morgan fingerprint density at radius 3 is 2.48 bits per heavy atom. The molecule has 1 N–H and O–H groups in total. The minimum atomic E-state index is -0.446. The predicted molar refractivity (Wildman–Crippen MR) is 108 cm³/mol. The molecule has 4 rings (SSSR count). The summed E-state index contributed by atoms with van der Waals surface area (Å²) < 4.78 is 6.34. The van der Waals surface area contributed by atoms with E-state index in [0.717, 1.165) is 15.2 Å². The number of rotatable bonds is 3. The second kappa shape index (κ2) is 6.89. The number of anilines is 1. The quantitative estimate of drug-likeness (QED) is 0.511. The molecule has 2 amide bonds. The van der Waals surface area contributed by atoms with Crippen molar-refractivity contribution >= 4 is 50.3 Å². The van der Waals surface area contributed by atoms with Crippen LogP contribution in [0.25, 0.3) is 16.8 Å². The summed E-state index contributed by atoms with van der Waals surface area (Å²) in [4.78, 5) is 25.3. The molecule has 0 aromatic heterocycles. The molecule has 1 aliphatic heterocycles. The molecule has 27 heavy (non-hydrogen) atoms. The van der Waals surface area contributed by atoms with Crippen molar-refractivity contribution in [3.05, 3.63) is 76.3 Å². The molecule has 1 heterocycles. The molecular weight excluding hydrogens is 408 g/mol. The monoisotopic (exact) mass is 422 g/mol. The summed E-state index contributed by atoms with van der Waals surface area (Å²) in [5.41, 5.74) is 3.97. The number of fused-ring (bicyclic) bond motifs is 1. The average Bonchev–Trinajstić information content (AvgIpc) is 2.97. The Morgan fingerprint density at radius 2 is 1.74 bits per heavy atom. The van der Waals surface area contributed by atoms with Crippen molar-refractivity contribution in [3.8, 4) is 5.75 Å². The van der Waals surface area contributed by atoms with Crippen LogP contribution in [0, 0.1) is 0 Å². The van der Waals surface area contributed by atoms with Gasteiger partial charge in [0.15, 0.2) is 0 Å². The van der Waals surface area contributed by atoms with E-state index in [4.69, 9.17) is 4.74 Å². The fourth-order valence-corrected chi connectivity index (χ4v) is 3.34. The van der Waals surface area contributed by atoms with Crippen LogP contribution in [0.4, 0.5) is 5.69 Å². The molecule has 0 aliphatic carbocycles. The summed E-state index contributed by atoms with van der Waals surface area (Å²) in [6, 6.07) is 18.7. The first-order valence-electron chi connectivity index (χ1n) is 8.27. The lowest BCUT2D eigenvalue weighted by Crippen LogP contribution is -2.35.